The molecule has 0 amide bonds. The third kappa shape index (κ3) is 9.53. The molecular formula is C20H26F2IN3O2S. The lowest BCUT2D eigenvalue weighted by Crippen LogP contribution is -2.38. The first-order valence-electron chi connectivity index (χ1n) is 9.10. The molecule has 0 fully saturated rings. The Morgan fingerprint density at radius 3 is 2.48 bits per heavy atom. The highest BCUT2D eigenvalue weighted by Gasteiger charge is 2.11. The summed E-state index contributed by atoms with van der Waals surface area (Å²) in [7, 11) is -3.20. The fourth-order valence-corrected chi connectivity index (χ4v) is 4.00. The molecule has 0 spiro atoms. The normalized spacial score (nSPS) is 11.6. The average Bonchev–Trinajstić information content (AvgIpc) is 2.66. The van der Waals surface area contributed by atoms with Gasteiger partial charge in [0, 0.05) is 18.7 Å². The van der Waals surface area contributed by atoms with Gasteiger partial charge in [0.25, 0.3) is 0 Å². The first kappa shape index (κ1) is 25.3. The van der Waals surface area contributed by atoms with E-state index in [2.05, 4.69) is 15.6 Å². The quantitative estimate of drug-likeness (QED) is 0.222. The molecule has 0 aliphatic carbocycles. The van der Waals surface area contributed by atoms with E-state index in [0.717, 1.165) is 23.8 Å². The molecule has 0 bridgehead atoms. The minimum atomic E-state index is -3.20. The summed E-state index contributed by atoms with van der Waals surface area (Å²) >= 11 is 0. The number of halogens is 3. The first-order valence-corrected chi connectivity index (χ1v) is 10.9. The molecule has 0 unspecified atom stereocenters. The van der Waals surface area contributed by atoms with Crippen molar-refractivity contribution < 1.29 is 17.2 Å². The Morgan fingerprint density at radius 2 is 1.79 bits per heavy atom. The van der Waals surface area contributed by atoms with Crippen LogP contribution in [0.2, 0.25) is 0 Å². The second-order valence-electron chi connectivity index (χ2n) is 6.29. The van der Waals surface area contributed by atoms with Crippen LogP contribution in [0.15, 0.2) is 53.5 Å². The smallest absolute Gasteiger partial charge is 0.191 e. The summed E-state index contributed by atoms with van der Waals surface area (Å²) in [5.74, 6) is -0.555. The largest absolute Gasteiger partial charge is 0.357 e. The minimum Gasteiger partial charge on any atom is -0.357 e. The van der Waals surface area contributed by atoms with Crippen LogP contribution in [0.4, 0.5) is 8.78 Å². The van der Waals surface area contributed by atoms with Gasteiger partial charge in [-0.05, 0) is 37.1 Å². The number of guanidine groups is 1. The molecule has 2 aromatic carbocycles. The highest BCUT2D eigenvalue weighted by molar-refractivity contribution is 14.0. The van der Waals surface area contributed by atoms with Gasteiger partial charge >= 0.3 is 0 Å². The average molecular weight is 537 g/mol. The predicted molar refractivity (Wildman–Crippen MR) is 123 cm³/mol. The topological polar surface area (TPSA) is 70.6 Å². The molecule has 2 N–H and O–H groups in total. The van der Waals surface area contributed by atoms with Crippen LogP contribution in [0, 0.1) is 11.6 Å². The molecule has 0 aliphatic heterocycles. The van der Waals surface area contributed by atoms with E-state index in [1.807, 2.05) is 25.1 Å². The summed E-state index contributed by atoms with van der Waals surface area (Å²) in [5.41, 5.74) is 0.921. The van der Waals surface area contributed by atoms with E-state index in [4.69, 9.17) is 0 Å². The van der Waals surface area contributed by atoms with Crippen LogP contribution in [-0.4, -0.2) is 33.2 Å². The molecule has 0 aliphatic rings. The molecule has 0 radical (unpaired) electrons. The molecule has 0 atom stereocenters. The van der Waals surface area contributed by atoms with Crippen molar-refractivity contribution in [1.82, 2.24) is 10.6 Å². The van der Waals surface area contributed by atoms with E-state index in [-0.39, 0.29) is 47.6 Å². The predicted octanol–water partition coefficient (Wildman–Crippen LogP) is 3.64. The Balaban J connectivity index is 0.00000420. The highest BCUT2D eigenvalue weighted by atomic mass is 127. The van der Waals surface area contributed by atoms with Gasteiger partial charge in [-0.15, -0.1) is 24.0 Å². The number of nitrogens with zero attached hydrogens (tertiary/aromatic N) is 1. The van der Waals surface area contributed by atoms with Gasteiger partial charge in [0.2, 0.25) is 0 Å². The van der Waals surface area contributed by atoms with Crippen molar-refractivity contribution in [3.8, 4) is 0 Å². The number of sulfone groups is 1. The van der Waals surface area contributed by atoms with Crippen molar-refractivity contribution in [2.75, 3.05) is 18.8 Å². The summed E-state index contributed by atoms with van der Waals surface area (Å²) in [6, 6.07) is 12.3. The SMILES string of the molecule is CCNC(=NCc1cc(F)ccc1F)NCCCS(=O)(=O)Cc1ccccc1.I. The molecule has 2 aromatic rings. The Hall–Kier alpha value is -1.75. The standard InChI is InChI=1S/C20H25F2N3O2S.HI/c1-2-23-20(25-14-17-13-18(21)9-10-19(17)22)24-11-6-12-28(26,27)15-16-7-4-3-5-8-16;/h3-5,7-10,13H,2,6,11-12,14-15H2,1H3,(H2,23,24,25);1H. The van der Waals surface area contributed by atoms with Crippen molar-refractivity contribution >= 4 is 39.8 Å². The van der Waals surface area contributed by atoms with Gasteiger partial charge in [0.15, 0.2) is 15.8 Å². The molecule has 0 heterocycles. The summed E-state index contributed by atoms with van der Waals surface area (Å²) in [5, 5.41) is 6.02. The van der Waals surface area contributed by atoms with Gasteiger partial charge in [-0.2, -0.15) is 0 Å². The van der Waals surface area contributed by atoms with Gasteiger partial charge in [0.1, 0.15) is 11.6 Å². The molecule has 0 aromatic heterocycles. The summed E-state index contributed by atoms with van der Waals surface area (Å²) in [4.78, 5) is 4.23. The second kappa shape index (κ2) is 12.7. The third-order valence-electron chi connectivity index (χ3n) is 3.91. The van der Waals surface area contributed by atoms with Crippen LogP contribution < -0.4 is 10.6 Å². The molecule has 9 heteroatoms. The van der Waals surface area contributed by atoms with Gasteiger partial charge < -0.3 is 10.6 Å². The Kier molecular flexibility index (Phi) is 11.1. The second-order valence-corrected chi connectivity index (χ2v) is 8.47. The molecular weight excluding hydrogens is 511 g/mol. The lowest BCUT2D eigenvalue weighted by Gasteiger charge is -2.12. The number of nitrogens with one attached hydrogen (secondary N) is 2. The van der Waals surface area contributed by atoms with Gasteiger partial charge in [-0.1, -0.05) is 30.3 Å². The van der Waals surface area contributed by atoms with Gasteiger partial charge in [-0.3, -0.25) is 0 Å². The van der Waals surface area contributed by atoms with E-state index in [1.54, 1.807) is 12.1 Å². The fraction of sp³-hybridized carbons (Fsp3) is 0.350. The van der Waals surface area contributed by atoms with Crippen LogP contribution in [-0.2, 0) is 22.1 Å². The lowest BCUT2D eigenvalue weighted by atomic mass is 10.2. The van der Waals surface area contributed by atoms with E-state index in [0.29, 0.717) is 25.5 Å². The summed E-state index contributed by atoms with van der Waals surface area (Å²) in [6.07, 6.45) is 0.411. The monoisotopic (exact) mass is 537 g/mol. The molecule has 0 saturated carbocycles. The first-order chi connectivity index (χ1) is 13.4. The zero-order chi connectivity index (χ0) is 20.4. The molecule has 29 heavy (non-hydrogen) atoms. The fourth-order valence-electron chi connectivity index (χ4n) is 2.57. The Bertz CT molecular complexity index is 894. The van der Waals surface area contributed by atoms with Crippen molar-refractivity contribution in [2.45, 2.75) is 25.6 Å². The zero-order valence-corrected chi connectivity index (χ0v) is 19.3. The van der Waals surface area contributed by atoms with E-state index in [1.165, 1.54) is 0 Å². The van der Waals surface area contributed by atoms with Crippen LogP contribution in [0.25, 0.3) is 0 Å². The number of hydrogen-bond acceptors (Lipinski definition) is 3. The number of rotatable bonds is 9. The van der Waals surface area contributed by atoms with Crippen LogP contribution >= 0.6 is 24.0 Å². The van der Waals surface area contributed by atoms with E-state index >= 15 is 0 Å². The zero-order valence-electron chi connectivity index (χ0n) is 16.2. The Labute approximate surface area is 188 Å². The molecule has 2 rings (SSSR count). The Morgan fingerprint density at radius 1 is 1.07 bits per heavy atom. The number of benzene rings is 2. The summed E-state index contributed by atoms with van der Waals surface area (Å²) in [6.45, 7) is 2.84. The lowest BCUT2D eigenvalue weighted by molar-refractivity contribution is 0.585. The maximum Gasteiger partial charge on any atom is 0.191 e. The maximum atomic E-state index is 13.7. The molecule has 160 valence electrons. The van der Waals surface area contributed by atoms with Crippen molar-refractivity contribution in [3.63, 3.8) is 0 Å². The molecule has 5 nitrogen and oxygen atoms in total. The molecule has 0 saturated heterocycles. The van der Waals surface area contributed by atoms with E-state index in [9.17, 15) is 17.2 Å². The van der Waals surface area contributed by atoms with Crippen LogP contribution in [0.3, 0.4) is 0 Å². The van der Waals surface area contributed by atoms with Crippen molar-refractivity contribution in [1.29, 1.82) is 0 Å². The van der Waals surface area contributed by atoms with Crippen molar-refractivity contribution in [3.05, 3.63) is 71.3 Å². The number of hydrogen-bond donors (Lipinski definition) is 2. The van der Waals surface area contributed by atoms with E-state index < -0.39 is 21.5 Å². The van der Waals surface area contributed by atoms with Gasteiger partial charge in [-0.25, -0.2) is 22.2 Å². The highest BCUT2D eigenvalue weighted by Crippen LogP contribution is 2.10. The number of aliphatic imine (C=N–C) groups is 1. The summed E-state index contributed by atoms with van der Waals surface area (Å²) < 4.78 is 51.3. The van der Waals surface area contributed by atoms with Crippen LogP contribution in [0.5, 0.6) is 0 Å². The third-order valence-corrected chi connectivity index (χ3v) is 5.60. The van der Waals surface area contributed by atoms with Gasteiger partial charge in [0.05, 0.1) is 18.1 Å². The minimum absolute atomic E-state index is 0. The maximum absolute atomic E-state index is 13.7. The van der Waals surface area contributed by atoms with Crippen molar-refractivity contribution in [2.24, 2.45) is 4.99 Å². The van der Waals surface area contributed by atoms with Crippen LogP contribution in [0.1, 0.15) is 24.5 Å².